The number of carbonyl (C=O) groups is 2. The predicted octanol–water partition coefficient (Wildman–Crippen LogP) is 1.90. The van der Waals surface area contributed by atoms with Gasteiger partial charge in [-0.2, -0.15) is 9.28 Å². The van der Waals surface area contributed by atoms with Crippen molar-refractivity contribution in [3.63, 3.8) is 0 Å². The predicted molar refractivity (Wildman–Crippen MR) is 74.9 cm³/mol. The third kappa shape index (κ3) is 2.82. The van der Waals surface area contributed by atoms with E-state index in [0.29, 0.717) is 18.4 Å². The molecule has 1 fully saturated rings. The Bertz CT molecular complexity index is 546. The number of halogens is 1. The maximum atomic E-state index is 12.9. The van der Waals surface area contributed by atoms with Crippen LogP contribution in [0.4, 0.5) is 9.18 Å². The molecule has 114 valence electrons. The Morgan fingerprint density at radius 3 is 2.52 bits per heavy atom. The van der Waals surface area contributed by atoms with E-state index in [0.717, 1.165) is 0 Å². The van der Waals surface area contributed by atoms with Crippen molar-refractivity contribution in [1.82, 2.24) is 0 Å². The van der Waals surface area contributed by atoms with Gasteiger partial charge in [-0.15, -0.1) is 0 Å². The van der Waals surface area contributed by atoms with Gasteiger partial charge in [0.15, 0.2) is 0 Å². The average Bonchev–Trinajstić information content (AvgIpc) is 2.83. The van der Waals surface area contributed by atoms with Crippen molar-refractivity contribution in [2.75, 3.05) is 6.54 Å². The van der Waals surface area contributed by atoms with Gasteiger partial charge in [0.2, 0.25) is 0 Å². The van der Waals surface area contributed by atoms with Crippen LogP contribution in [0.15, 0.2) is 24.3 Å². The van der Waals surface area contributed by atoms with E-state index in [2.05, 4.69) is 0 Å². The molecule has 2 rings (SSSR count). The first kappa shape index (κ1) is 15.6. The molecule has 21 heavy (non-hydrogen) atoms. The lowest BCUT2D eigenvalue weighted by Crippen LogP contribution is -2.63. The summed E-state index contributed by atoms with van der Waals surface area (Å²) >= 11 is 0. The Kier molecular flexibility index (Phi) is 4.39. The average molecular weight is 295 g/mol. The van der Waals surface area contributed by atoms with E-state index in [1.165, 1.54) is 12.1 Å². The number of carbonyl (C=O) groups excluding carboxylic acids is 1. The molecule has 0 bridgehead atoms. The minimum atomic E-state index is -1.14. The molecule has 1 heterocycles. The molecule has 3 N–H and O–H groups in total. The van der Waals surface area contributed by atoms with Crippen LogP contribution >= 0.6 is 0 Å². The van der Waals surface area contributed by atoms with Crippen LogP contribution in [0.25, 0.3) is 0 Å². The van der Waals surface area contributed by atoms with Crippen LogP contribution < -0.4 is 5.73 Å². The molecule has 0 saturated carbocycles. The summed E-state index contributed by atoms with van der Waals surface area (Å²) in [5, 5.41) is 9.50. The van der Waals surface area contributed by atoms with Crippen LogP contribution in [-0.2, 0) is 11.2 Å². The molecule has 1 aliphatic heterocycles. The summed E-state index contributed by atoms with van der Waals surface area (Å²) in [6.45, 7) is 2.05. The van der Waals surface area contributed by atoms with Gasteiger partial charge >= 0.3 is 12.0 Å². The molecule has 0 aromatic heterocycles. The summed E-state index contributed by atoms with van der Waals surface area (Å²) in [5.41, 5.74) is 6.65. The Morgan fingerprint density at radius 2 is 2.05 bits per heavy atom. The Labute approximate surface area is 122 Å². The highest BCUT2D eigenvalue weighted by Crippen LogP contribution is 2.29. The number of nitrogens with zero attached hydrogens (tertiary/aromatic N) is 1. The molecule has 2 amide bonds. The SMILES string of the molecule is C[C@@H]1CCC[N+]1(C(=O)O)C(=O)[C@@H](N)Cc1ccc(F)cc1. The zero-order chi connectivity index (χ0) is 15.6. The highest BCUT2D eigenvalue weighted by Gasteiger charge is 2.54. The first-order valence-corrected chi connectivity index (χ1v) is 7.03. The summed E-state index contributed by atoms with van der Waals surface area (Å²) in [4.78, 5) is 24.2. The molecule has 0 radical (unpaired) electrons. The fourth-order valence-corrected chi connectivity index (χ4v) is 3.04. The fraction of sp³-hybridized carbons (Fsp3) is 0.467. The summed E-state index contributed by atoms with van der Waals surface area (Å²) < 4.78 is 12.3. The van der Waals surface area contributed by atoms with Crippen molar-refractivity contribution in [2.24, 2.45) is 5.73 Å². The highest BCUT2D eigenvalue weighted by atomic mass is 19.1. The van der Waals surface area contributed by atoms with Crippen molar-refractivity contribution >= 4 is 12.0 Å². The number of amides is 2. The third-order valence-electron chi connectivity index (χ3n) is 4.31. The smallest absolute Gasteiger partial charge is 0.435 e. The van der Waals surface area contributed by atoms with Crippen LogP contribution in [0, 0.1) is 5.82 Å². The zero-order valence-electron chi connectivity index (χ0n) is 12.0. The van der Waals surface area contributed by atoms with Gasteiger partial charge in [-0.1, -0.05) is 12.1 Å². The van der Waals surface area contributed by atoms with Crippen LogP contribution in [0.1, 0.15) is 25.3 Å². The maximum absolute atomic E-state index is 12.9. The van der Waals surface area contributed by atoms with Crippen molar-refractivity contribution < 1.29 is 23.6 Å². The summed E-state index contributed by atoms with van der Waals surface area (Å²) in [6, 6.07) is 4.53. The molecule has 0 aliphatic carbocycles. The number of likely N-dealkylation sites (tertiary alicyclic amines) is 1. The lowest BCUT2D eigenvalue weighted by atomic mass is 10.0. The summed E-state index contributed by atoms with van der Waals surface area (Å²) in [6.07, 6.45) is 0.461. The molecule has 1 saturated heterocycles. The number of quaternary nitrogens is 1. The quantitative estimate of drug-likeness (QED) is 0.835. The number of rotatable bonds is 3. The lowest BCUT2D eigenvalue weighted by Gasteiger charge is -2.31. The monoisotopic (exact) mass is 295 g/mol. The first-order valence-electron chi connectivity index (χ1n) is 7.03. The molecule has 6 heteroatoms. The maximum Gasteiger partial charge on any atom is 0.521 e. The first-order chi connectivity index (χ1) is 9.87. The van der Waals surface area contributed by atoms with E-state index < -0.39 is 22.5 Å². The number of hydrogen-bond acceptors (Lipinski definition) is 3. The molecule has 1 unspecified atom stereocenters. The minimum Gasteiger partial charge on any atom is -0.435 e. The topological polar surface area (TPSA) is 80.4 Å². The van der Waals surface area contributed by atoms with Gasteiger partial charge in [-0.3, -0.25) is 0 Å². The Balaban J connectivity index is 2.17. The van der Waals surface area contributed by atoms with Gasteiger partial charge in [0.1, 0.15) is 17.9 Å². The largest absolute Gasteiger partial charge is 0.521 e. The zero-order valence-corrected chi connectivity index (χ0v) is 12.0. The molecule has 5 nitrogen and oxygen atoms in total. The van der Waals surface area contributed by atoms with Crippen LogP contribution in [0.5, 0.6) is 0 Å². The molecule has 3 atom stereocenters. The van der Waals surface area contributed by atoms with Gasteiger partial charge in [0.05, 0.1) is 6.54 Å². The molecule has 0 spiro atoms. The van der Waals surface area contributed by atoms with E-state index in [4.69, 9.17) is 5.73 Å². The fourth-order valence-electron chi connectivity index (χ4n) is 3.04. The van der Waals surface area contributed by atoms with Crippen molar-refractivity contribution in [1.29, 1.82) is 0 Å². The molecular weight excluding hydrogens is 275 g/mol. The van der Waals surface area contributed by atoms with E-state index in [9.17, 15) is 19.1 Å². The molecular formula is C15H20FN2O3+. The second kappa shape index (κ2) is 5.91. The normalized spacial score (nSPS) is 26.5. The van der Waals surface area contributed by atoms with Crippen molar-refractivity contribution in [2.45, 2.75) is 38.3 Å². The van der Waals surface area contributed by atoms with Gasteiger partial charge < -0.3 is 10.8 Å². The van der Waals surface area contributed by atoms with Gasteiger partial charge in [0, 0.05) is 19.3 Å². The highest BCUT2D eigenvalue weighted by molar-refractivity contribution is 5.84. The molecule has 1 aliphatic rings. The Hall–Kier alpha value is -1.79. The summed E-state index contributed by atoms with van der Waals surface area (Å²) in [7, 11) is 0. The number of benzene rings is 1. The second-order valence-corrected chi connectivity index (χ2v) is 5.64. The number of hydrogen-bond donors (Lipinski definition) is 2. The van der Waals surface area contributed by atoms with E-state index >= 15 is 0 Å². The molecule has 1 aromatic rings. The number of imide groups is 1. The third-order valence-corrected chi connectivity index (χ3v) is 4.31. The number of nitrogens with two attached hydrogens (primary N) is 1. The van der Waals surface area contributed by atoms with Gasteiger partial charge in [-0.25, -0.2) is 9.18 Å². The second-order valence-electron chi connectivity index (χ2n) is 5.64. The lowest BCUT2D eigenvalue weighted by molar-refractivity contribution is -0.792. The van der Waals surface area contributed by atoms with E-state index in [1.54, 1.807) is 19.1 Å². The van der Waals surface area contributed by atoms with Crippen LogP contribution in [0.2, 0.25) is 0 Å². The molecule has 1 aromatic carbocycles. The van der Waals surface area contributed by atoms with E-state index in [-0.39, 0.29) is 24.8 Å². The van der Waals surface area contributed by atoms with Crippen LogP contribution in [0.3, 0.4) is 0 Å². The van der Waals surface area contributed by atoms with Gasteiger partial charge in [-0.05, 0) is 24.6 Å². The Morgan fingerprint density at radius 1 is 1.43 bits per heavy atom. The van der Waals surface area contributed by atoms with Gasteiger partial charge in [0.25, 0.3) is 0 Å². The minimum absolute atomic E-state index is 0.207. The van der Waals surface area contributed by atoms with Crippen LogP contribution in [-0.4, -0.2) is 40.2 Å². The van der Waals surface area contributed by atoms with E-state index in [1.807, 2.05) is 0 Å². The van der Waals surface area contributed by atoms with Crippen molar-refractivity contribution in [3.05, 3.63) is 35.6 Å². The van der Waals surface area contributed by atoms with Crippen molar-refractivity contribution in [3.8, 4) is 0 Å². The standard InChI is InChI=1S/C15H19FN2O3/c1-10-3-2-8-18(10,15(20)21)14(19)13(17)9-11-4-6-12(16)7-5-11/h4-7,10,13H,2-3,8-9,17H2,1H3/p+1/t10-,13+,18?/m1/s1. The summed E-state index contributed by atoms with van der Waals surface area (Å²) in [5.74, 6) is -0.835. The number of carboxylic acid groups (broad SMARTS) is 1.